The number of piperidine rings is 1. The molecule has 1 fully saturated rings. The minimum Gasteiger partial charge on any atom is -0.336 e. The predicted molar refractivity (Wildman–Crippen MR) is 105 cm³/mol. The maximum absolute atomic E-state index is 12.5. The molecule has 2 amide bonds. The molecule has 1 aliphatic rings. The Kier molecular flexibility index (Phi) is 6.32. The van der Waals surface area contributed by atoms with Gasteiger partial charge in [-0.2, -0.15) is 5.10 Å². The molecule has 2 aromatic heterocycles. The van der Waals surface area contributed by atoms with Gasteiger partial charge in [0.1, 0.15) is 0 Å². The number of carbonyl (C=O) groups is 1. The number of nitrogens with zero attached hydrogens (tertiary/aromatic N) is 4. The fraction of sp³-hybridized carbons (Fsp3) is 0.579. The minimum absolute atomic E-state index is 0.0409. The molecule has 26 heavy (non-hydrogen) atoms. The Labute approximate surface area is 159 Å². The first-order valence-corrected chi connectivity index (χ1v) is 10.1. The lowest BCUT2D eigenvalue weighted by Gasteiger charge is -2.36. The standard InChI is InChI=1S/C19H29N5OS/c1-15-6-8-24(9-7-15)17(18-5-4-10-26-18)12-20-19(25)22(2)13-16-11-21-23(3)14-16/h4-5,10-11,14-15,17H,6-9,12-13H2,1-3H3,(H,20,25). The summed E-state index contributed by atoms with van der Waals surface area (Å²) in [5, 5.41) is 9.40. The highest BCUT2D eigenvalue weighted by Gasteiger charge is 2.26. The van der Waals surface area contributed by atoms with E-state index in [1.54, 1.807) is 27.1 Å². The minimum atomic E-state index is -0.0409. The van der Waals surface area contributed by atoms with Crippen LogP contribution in [0.25, 0.3) is 0 Å². The van der Waals surface area contributed by atoms with E-state index in [1.165, 1.54) is 17.7 Å². The first-order valence-electron chi connectivity index (χ1n) is 9.27. The van der Waals surface area contributed by atoms with Gasteiger partial charge in [-0.3, -0.25) is 9.58 Å². The molecule has 0 radical (unpaired) electrons. The van der Waals surface area contributed by atoms with E-state index in [-0.39, 0.29) is 12.1 Å². The van der Waals surface area contributed by atoms with Gasteiger partial charge in [0.05, 0.1) is 18.8 Å². The van der Waals surface area contributed by atoms with Gasteiger partial charge in [-0.1, -0.05) is 13.0 Å². The van der Waals surface area contributed by atoms with Gasteiger partial charge in [0, 0.05) is 37.3 Å². The van der Waals surface area contributed by atoms with Crippen LogP contribution in [0.4, 0.5) is 4.79 Å². The second-order valence-corrected chi connectivity index (χ2v) is 8.29. The number of amides is 2. The zero-order valence-corrected chi connectivity index (χ0v) is 16.7. The second-order valence-electron chi connectivity index (χ2n) is 7.31. The summed E-state index contributed by atoms with van der Waals surface area (Å²) >= 11 is 1.77. The lowest BCUT2D eigenvalue weighted by Crippen LogP contribution is -2.44. The van der Waals surface area contributed by atoms with Gasteiger partial charge in [-0.15, -0.1) is 11.3 Å². The van der Waals surface area contributed by atoms with Crippen molar-refractivity contribution in [2.45, 2.75) is 32.4 Å². The largest absolute Gasteiger partial charge is 0.336 e. The molecular formula is C19H29N5OS. The number of aryl methyl sites for hydroxylation is 1. The summed E-state index contributed by atoms with van der Waals surface area (Å²) in [6.45, 7) is 5.73. The normalized spacial score (nSPS) is 17.2. The van der Waals surface area contributed by atoms with Crippen LogP contribution in [-0.2, 0) is 13.6 Å². The first-order chi connectivity index (χ1) is 12.5. The van der Waals surface area contributed by atoms with Crippen molar-refractivity contribution >= 4 is 17.4 Å². The third-order valence-electron chi connectivity index (χ3n) is 5.10. The summed E-state index contributed by atoms with van der Waals surface area (Å²) in [6.07, 6.45) is 6.20. The van der Waals surface area contributed by atoms with Gasteiger partial charge in [0.15, 0.2) is 0 Å². The Morgan fingerprint density at radius 2 is 2.23 bits per heavy atom. The van der Waals surface area contributed by atoms with Crippen LogP contribution in [0.1, 0.15) is 36.2 Å². The maximum Gasteiger partial charge on any atom is 0.317 e. The summed E-state index contributed by atoms with van der Waals surface area (Å²) in [5.41, 5.74) is 1.03. The van der Waals surface area contributed by atoms with Gasteiger partial charge >= 0.3 is 6.03 Å². The third-order valence-corrected chi connectivity index (χ3v) is 6.08. The number of rotatable bonds is 6. The lowest BCUT2D eigenvalue weighted by atomic mass is 9.97. The molecule has 1 N–H and O–H groups in total. The van der Waals surface area contributed by atoms with Crippen LogP contribution in [0.5, 0.6) is 0 Å². The number of carbonyl (C=O) groups excluding carboxylic acids is 1. The highest BCUT2D eigenvalue weighted by molar-refractivity contribution is 7.10. The van der Waals surface area contributed by atoms with Gasteiger partial charge in [0.25, 0.3) is 0 Å². The van der Waals surface area contributed by atoms with Crippen LogP contribution in [-0.4, -0.2) is 52.3 Å². The summed E-state index contributed by atoms with van der Waals surface area (Å²) in [6, 6.07) is 4.49. The van der Waals surface area contributed by atoms with Crippen molar-refractivity contribution in [3.8, 4) is 0 Å². The van der Waals surface area contributed by atoms with Crippen LogP contribution in [0.15, 0.2) is 29.9 Å². The first kappa shape index (κ1) is 18.9. The molecule has 1 saturated heterocycles. The van der Waals surface area contributed by atoms with Crippen LogP contribution in [0, 0.1) is 5.92 Å². The number of likely N-dealkylation sites (tertiary alicyclic amines) is 1. The Hall–Kier alpha value is -1.86. The van der Waals surface area contributed by atoms with Crippen molar-refractivity contribution < 1.29 is 4.79 Å². The molecular weight excluding hydrogens is 346 g/mol. The Morgan fingerprint density at radius 1 is 1.46 bits per heavy atom. The fourth-order valence-corrected chi connectivity index (χ4v) is 4.31. The number of thiophene rings is 1. The van der Waals surface area contributed by atoms with Crippen molar-refractivity contribution in [2.24, 2.45) is 13.0 Å². The van der Waals surface area contributed by atoms with E-state index in [1.807, 2.05) is 20.3 Å². The van der Waals surface area contributed by atoms with Crippen LogP contribution >= 0.6 is 11.3 Å². The molecule has 1 atom stereocenters. The van der Waals surface area contributed by atoms with E-state index in [0.717, 1.165) is 24.6 Å². The van der Waals surface area contributed by atoms with E-state index >= 15 is 0 Å². The van der Waals surface area contributed by atoms with Crippen LogP contribution in [0.2, 0.25) is 0 Å². The highest BCUT2D eigenvalue weighted by Crippen LogP contribution is 2.29. The summed E-state index contributed by atoms with van der Waals surface area (Å²) < 4.78 is 1.76. The molecule has 142 valence electrons. The zero-order valence-electron chi connectivity index (χ0n) is 15.9. The summed E-state index contributed by atoms with van der Waals surface area (Å²) in [4.78, 5) is 18.1. The lowest BCUT2D eigenvalue weighted by molar-refractivity contribution is 0.135. The average Bonchev–Trinajstić information content (AvgIpc) is 3.28. The van der Waals surface area contributed by atoms with Gasteiger partial charge in [-0.25, -0.2) is 4.79 Å². The van der Waals surface area contributed by atoms with E-state index < -0.39 is 0 Å². The molecule has 0 aromatic carbocycles. The van der Waals surface area contributed by atoms with Gasteiger partial charge in [0.2, 0.25) is 0 Å². The zero-order chi connectivity index (χ0) is 18.5. The quantitative estimate of drug-likeness (QED) is 0.844. The molecule has 0 spiro atoms. The van der Waals surface area contributed by atoms with Crippen molar-refractivity contribution in [3.05, 3.63) is 40.3 Å². The topological polar surface area (TPSA) is 53.4 Å². The molecule has 2 aromatic rings. The number of hydrogen-bond donors (Lipinski definition) is 1. The smallest absolute Gasteiger partial charge is 0.317 e. The van der Waals surface area contributed by atoms with E-state index in [2.05, 4.69) is 39.8 Å². The average molecular weight is 376 g/mol. The molecule has 6 nitrogen and oxygen atoms in total. The van der Waals surface area contributed by atoms with Crippen molar-refractivity contribution in [3.63, 3.8) is 0 Å². The monoisotopic (exact) mass is 375 g/mol. The molecule has 3 rings (SSSR count). The summed E-state index contributed by atoms with van der Waals surface area (Å²) in [7, 11) is 3.71. The highest BCUT2D eigenvalue weighted by atomic mass is 32.1. The number of hydrogen-bond acceptors (Lipinski definition) is 4. The van der Waals surface area contributed by atoms with E-state index in [0.29, 0.717) is 13.1 Å². The third kappa shape index (κ3) is 4.86. The molecule has 0 bridgehead atoms. The number of nitrogens with one attached hydrogen (secondary N) is 1. The molecule has 3 heterocycles. The fourth-order valence-electron chi connectivity index (χ4n) is 3.45. The van der Waals surface area contributed by atoms with Gasteiger partial charge in [-0.05, 0) is 43.3 Å². The Morgan fingerprint density at radius 3 is 2.85 bits per heavy atom. The second kappa shape index (κ2) is 8.68. The predicted octanol–water partition coefficient (Wildman–Crippen LogP) is 3.10. The van der Waals surface area contributed by atoms with Crippen LogP contribution < -0.4 is 5.32 Å². The molecule has 7 heteroatoms. The maximum atomic E-state index is 12.5. The van der Waals surface area contributed by atoms with Crippen molar-refractivity contribution in [2.75, 3.05) is 26.7 Å². The summed E-state index contributed by atoms with van der Waals surface area (Å²) in [5.74, 6) is 0.801. The SMILES string of the molecule is CC1CCN(C(CNC(=O)N(C)Cc2cnn(C)c2)c2cccs2)CC1. The molecule has 0 saturated carbocycles. The van der Waals surface area contributed by atoms with Crippen molar-refractivity contribution in [1.29, 1.82) is 0 Å². The molecule has 1 unspecified atom stereocenters. The van der Waals surface area contributed by atoms with Gasteiger partial charge < -0.3 is 10.2 Å². The molecule has 1 aliphatic heterocycles. The van der Waals surface area contributed by atoms with Crippen LogP contribution in [0.3, 0.4) is 0 Å². The Balaban J connectivity index is 1.57. The van der Waals surface area contributed by atoms with E-state index in [9.17, 15) is 4.79 Å². The Bertz CT molecular complexity index is 691. The molecule has 0 aliphatic carbocycles. The number of aromatic nitrogens is 2. The van der Waals surface area contributed by atoms with E-state index in [4.69, 9.17) is 0 Å². The van der Waals surface area contributed by atoms with Crippen molar-refractivity contribution in [1.82, 2.24) is 24.9 Å². The number of urea groups is 1.